The molecule has 130 valence electrons. The number of hydrogen-bond acceptors (Lipinski definition) is 6. The Balaban J connectivity index is 1.86. The van der Waals surface area contributed by atoms with Gasteiger partial charge in [0.1, 0.15) is 12.3 Å². The molecule has 0 saturated heterocycles. The summed E-state index contributed by atoms with van der Waals surface area (Å²) in [6, 6.07) is 5.18. The van der Waals surface area contributed by atoms with Crippen LogP contribution in [-0.4, -0.2) is 40.5 Å². The molecule has 1 atom stereocenters. The summed E-state index contributed by atoms with van der Waals surface area (Å²) in [4.78, 5) is 41.1. The molecule has 2 aromatic rings. The summed E-state index contributed by atoms with van der Waals surface area (Å²) in [5.74, 6) is -1.76. The molecular formula is C16H15N3O5S. The highest BCUT2D eigenvalue weighted by Crippen LogP contribution is 2.35. The minimum atomic E-state index is -1.17. The Bertz CT molecular complexity index is 821. The smallest absolute Gasteiger partial charge is 0.307 e. The number of ether oxygens (including phenoxy) is 1. The van der Waals surface area contributed by atoms with Crippen molar-refractivity contribution in [2.75, 3.05) is 16.8 Å². The first-order valence-corrected chi connectivity index (χ1v) is 8.32. The minimum absolute atomic E-state index is 0.256. The first-order chi connectivity index (χ1) is 11.9. The van der Waals surface area contributed by atoms with E-state index < -0.39 is 30.3 Å². The number of hydrogen-bond donors (Lipinski definition) is 2. The lowest BCUT2D eigenvalue weighted by Crippen LogP contribution is -2.49. The summed E-state index contributed by atoms with van der Waals surface area (Å²) in [6.07, 6.45) is -0.0845. The monoisotopic (exact) mass is 361 g/mol. The van der Waals surface area contributed by atoms with E-state index in [-0.39, 0.29) is 6.54 Å². The van der Waals surface area contributed by atoms with Gasteiger partial charge in [-0.1, -0.05) is 6.07 Å². The number of aliphatic carboxylic acids is 1. The Labute approximate surface area is 147 Å². The van der Waals surface area contributed by atoms with Crippen LogP contribution in [0.25, 0.3) is 0 Å². The number of carbonyl (C=O) groups is 3. The molecule has 2 N–H and O–H groups in total. The number of aromatic nitrogens is 1. The molecule has 0 bridgehead atoms. The van der Waals surface area contributed by atoms with Gasteiger partial charge in [0, 0.05) is 11.6 Å². The number of aryl methyl sites for hydroxylation is 1. The number of thiazole rings is 1. The molecule has 1 aromatic heterocycles. The second kappa shape index (κ2) is 6.89. The zero-order valence-electron chi connectivity index (χ0n) is 13.3. The number of fused-ring (bicyclic) bond motifs is 1. The van der Waals surface area contributed by atoms with E-state index in [4.69, 9.17) is 9.84 Å². The van der Waals surface area contributed by atoms with E-state index in [0.717, 1.165) is 5.56 Å². The maximum atomic E-state index is 12.6. The van der Waals surface area contributed by atoms with Crippen LogP contribution in [0.1, 0.15) is 12.0 Å². The van der Waals surface area contributed by atoms with Crippen LogP contribution in [0.4, 0.5) is 10.8 Å². The van der Waals surface area contributed by atoms with Gasteiger partial charge >= 0.3 is 5.97 Å². The van der Waals surface area contributed by atoms with Gasteiger partial charge in [-0.2, -0.15) is 0 Å². The van der Waals surface area contributed by atoms with Gasteiger partial charge in [-0.25, -0.2) is 4.98 Å². The predicted molar refractivity (Wildman–Crippen MR) is 90.9 cm³/mol. The van der Waals surface area contributed by atoms with Gasteiger partial charge in [0.25, 0.3) is 5.91 Å². The number of carboxylic acids is 1. The lowest BCUT2D eigenvalue weighted by Gasteiger charge is -2.33. The van der Waals surface area contributed by atoms with Crippen molar-refractivity contribution in [3.63, 3.8) is 0 Å². The van der Waals surface area contributed by atoms with Gasteiger partial charge in [-0.15, -0.1) is 11.3 Å². The molecule has 25 heavy (non-hydrogen) atoms. The van der Waals surface area contributed by atoms with Crippen molar-refractivity contribution in [2.24, 2.45) is 0 Å². The quantitative estimate of drug-likeness (QED) is 0.838. The van der Waals surface area contributed by atoms with Gasteiger partial charge in [-0.3, -0.25) is 19.3 Å². The molecule has 3 rings (SSSR count). The Morgan fingerprint density at radius 1 is 1.44 bits per heavy atom. The first-order valence-electron chi connectivity index (χ1n) is 7.44. The third kappa shape index (κ3) is 3.77. The van der Waals surface area contributed by atoms with Crippen LogP contribution in [0.5, 0.6) is 5.75 Å². The summed E-state index contributed by atoms with van der Waals surface area (Å²) in [5, 5.41) is 13.7. The molecule has 0 spiro atoms. The van der Waals surface area contributed by atoms with E-state index in [9.17, 15) is 14.4 Å². The average Bonchev–Trinajstić information content (AvgIpc) is 3.04. The normalized spacial score (nSPS) is 16.1. The number of nitrogens with zero attached hydrogens (tertiary/aromatic N) is 2. The van der Waals surface area contributed by atoms with Crippen LogP contribution in [-0.2, 0) is 14.4 Å². The maximum Gasteiger partial charge on any atom is 0.307 e. The molecule has 1 aliphatic rings. The Morgan fingerprint density at radius 3 is 2.92 bits per heavy atom. The average molecular weight is 361 g/mol. The number of anilines is 2. The van der Waals surface area contributed by atoms with Crippen LogP contribution in [0.2, 0.25) is 0 Å². The van der Waals surface area contributed by atoms with Crippen molar-refractivity contribution in [2.45, 2.75) is 19.4 Å². The van der Waals surface area contributed by atoms with Crippen molar-refractivity contribution >= 4 is 39.9 Å². The molecule has 0 saturated carbocycles. The van der Waals surface area contributed by atoms with Gasteiger partial charge in [0.2, 0.25) is 5.91 Å². The van der Waals surface area contributed by atoms with Gasteiger partial charge < -0.3 is 15.2 Å². The summed E-state index contributed by atoms with van der Waals surface area (Å²) < 4.78 is 5.51. The van der Waals surface area contributed by atoms with Crippen LogP contribution in [0, 0.1) is 6.92 Å². The van der Waals surface area contributed by atoms with Crippen LogP contribution in [0.15, 0.2) is 29.8 Å². The Hall–Kier alpha value is -2.94. The summed E-state index contributed by atoms with van der Waals surface area (Å²) in [6.45, 7) is 1.59. The molecule has 2 heterocycles. The molecule has 1 unspecified atom stereocenters. The zero-order chi connectivity index (χ0) is 18.0. The predicted octanol–water partition coefficient (Wildman–Crippen LogP) is 1.66. The second-order valence-corrected chi connectivity index (χ2v) is 6.38. The van der Waals surface area contributed by atoms with Crippen LogP contribution >= 0.6 is 11.3 Å². The fourth-order valence-electron chi connectivity index (χ4n) is 2.47. The van der Waals surface area contributed by atoms with E-state index in [1.807, 2.05) is 6.92 Å². The molecular weight excluding hydrogens is 346 g/mol. The third-order valence-corrected chi connectivity index (χ3v) is 4.24. The largest absolute Gasteiger partial charge is 0.481 e. The molecule has 2 amide bonds. The standard InChI is InChI=1S/C16H15N3O5S/c1-9-2-3-11-10(6-9)19(15(23)12(24-11)7-14(21)22)8-13(20)18-16-17-4-5-25-16/h2-6,12H,7-8H2,1H3,(H,21,22)(H,17,18,20). The number of benzene rings is 1. The van der Waals surface area contributed by atoms with Crippen molar-refractivity contribution in [1.29, 1.82) is 0 Å². The van der Waals surface area contributed by atoms with Gasteiger partial charge in [0.15, 0.2) is 11.2 Å². The highest BCUT2D eigenvalue weighted by atomic mass is 32.1. The lowest BCUT2D eigenvalue weighted by molar-refractivity contribution is -0.142. The number of rotatable bonds is 5. The van der Waals surface area contributed by atoms with E-state index >= 15 is 0 Å². The molecule has 8 nitrogen and oxygen atoms in total. The minimum Gasteiger partial charge on any atom is -0.481 e. The summed E-state index contributed by atoms with van der Waals surface area (Å²) in [7, 11) is 0. The molecule has 0 aliphatic carbocycles. The SMILES string of the molecule is Cc1ccc2c(c1)N(CC(=O)Nc1nccs1)C(=O)C(CC(=O)O)O2. The molecule has 0 fully saturated rings. The number of nitrogens with one attached hydrogen (secondary N) is 1. The van der Waals surface area contributed by atoms with E-state index in [2.05, 4.69) is 10.3 Å². The first kappa shape index (κ1) is 16.9. The van der Waals surface area contributed by atoms with Crippen molar-refractivity contribution in [3.8, 4) is 5.75 Å². The van der Waals surface area contributed by atoms with Gasteiger partial charge in [0.05, 0.1) is 12.1 Å². The number of amides is 2. The van der Waals surface area contributed by atoms with Gasteiger partial charge in [-0.05, 0) is 24.6 Å². The molecule has 0 radical (unpaired) electrons. The van der Waals surface area contributed by atoms with E-state index in [0.29, 0.717) is 16.6 Å². The highest BCUT2D eigenvalue weighted by Gasteiger charge is 2.36. The van der Waals surface area contributed by atoms with E-state index in [1.54, 1.807) is 29.8 Å². The maximum absolute atomic E-state index is 12.6. The fraction of sp³-hybridized carbons (Fsp3) is 0.250. The fourth-order valence-corrected chi connectivity index (χ4v) is 3.02. The van der Waals surface area contributed by atoms with Crippen LogP contribution < -0.4 is 15.0 Å². The Kier molecular flexibility index (Phi) is 4.66. The number of carboxylic acid groups (broad SMARTS) is 1. The van der Waals surface area contributed by atoms with Crippen molar-refractivity contribution in [1.82, 2.24) is 4.98 Å². The van der Waals surface area contributed by atoms with Crippen molar-refractivity contribution in [3.05, 3.63) is 35.3 Å². The molecule has 9 heteroatoms. The van der Waals surface area contributed by atoms with Crippen LogP contribution in [0.3, 0.4) is 0 Å². The molecule has 1 aromatic carbocycles. The highest BCUT2D eigenvalue weighted by molar-refractivity contribution is 7.13. The Morgan fingerprint density at radius 2 is 2.24 bits per heavy atom. The zero-order valence-corrected chi connectivity index (χ0v) is 14.1. The topological polar surface area (TPSA) is 109 Å². The second-order valence-electron chi connectivity index (χ2n) is 5.49. The third-order valence-electron chi connectivity index (χ3n) is 3.56. The summed E-state index contributed by atoms with van der Waals surface area (Å²) in [5.41, 5.74) is 1.33. The summed E-state index contributed by atoms with van der Waals surface area (Å²) >= 11 is 1.26. The van der Waals surface area contributed by atoms with E-state index in [1.165, 1.54) is 16.2 Å². The van der Waals surface area contributed by atoms with Crippen molar-refractivity contribution < 1.29 is 24.2 Å². The lowest BCUT2D eigenvalue weighted by atomic mass is 10.1. The molecule has 1 aliphatic heterocycles. The number of carbonyl (C=O) groups excluding carboxylic acids is 2.